The number of hydrogen-bond donors (Lipinski definition) is 19. The zero-order valence-electron chi connectivity index (χ0n) is 77.6. The second-order valence-corrected chi connectivity index (χ2v) is 36.0. The molecular weight excluding hydrogens is 1760 g/mol. The van der Waals surface area contributed by atoms with Gasteiger partial charge in [-0.05, 0) is 106 Å². The lowest BCUT2D eigenvalue weighted by molar-refractivity contribution is -0.149. The number of nitrogens with one attached hydrogen (secondary N) is 15. The van der Waals surface area contributed by atoms with Crippen molar-refractivity contribution in [2.45, 2.75) is 241 Å². The van der Waals surface area contributed by atoms with Crippen LogP contribution in [0.15, 0.2) is 104 Å². The molecule has 14 atom stereocenters. The van der Waals surface area contributed by atoms with Gasteiger partial charge in [0.15, 0.2) is 5.96 Å². The van der Waals surface area contributed by atoms with Crippen molar-refractivity contribution in [3.8, 4) is 0 Å². The van der Waals surface area contributed by atoms with Crippen molar-refractivity contribution in [3.05, 3.63) is 126 Å². The molecule has 135 heavy (non-hydrogen) atoms. The molecule has 3 aromatic heterocycles. The molecule has 0 spiro atoms. The maximum absolute atomic E-state index is 15.8. The van der Waals surface area contributed by atoms with E-state index in [1.54, 1.807) is 105 Å². The molecule has 0 unspecified atom stereocenters. The maximum atomic E-state index is 15.8. The molecule has 3 aliphatic rings. The van der Waals surface area contributed by atoms with E-state index in [9.17, 15) is 48.3 Å². The average molecular weight is 1890 g/mol. The van der Waals surface area contributed by atoms with E-state index in [1.165, 1.54) is 50.4 Å². The predicted octanol–water partition coefficient (Wildman–Crippen LogP) is -1.22. The number of hydrogen-bond acceptors (Lipinski definition) is 21. The zero-order chi connectivity index (χ0) is 98.3. The van der Waals surface area contributed by atoms with E-state index in [0.717, 1.165) is 26.5 Å². The van der Waals surface area contributed by atoms with Crippen LogP contribution in [0.1, 0.15) is 153 Å². The Morgan fingerprint density at radius 3 is 1.61 bits per heavy atom. The Labute approximate surface area is 786 Å². The Kier molecular flexibility index (Phi) is 39.8. The first kappa shape index (κ1) is 105. The van der Waals surface area contributed by atoms with Gasteiger partial charge < -0.3 is 120 Å². The van der Waals surface area contributed by atoms with E-state index in [2.05, 4.69) is 78.4 Å². The van der Waals surface area contributed by atoms with E-state index in [4.69, 9.17) is 22.6 Å². The molecule has 732 valence electrons. The monoisotopic (exact) mass is 1890 g/mol. The molecule has 3 aliphatic heterocycles. The number of nitrogens with zero attached hydrogens (tertiary/aromatic N) is 6. The Hall–Kier alpha value is -13.5. The molecular formula is C92H130N24O18S. The number of guanidine groups is 1. The minimum atomic E-state index is -1.85. The van der Waals surface area contributed by atoms with Gasteiger partial charge in [0.1, 0.15) is 84.6 Å². The highest BCUT2D eigenvalue weighted by atomic mass is 32.2. The van der Waals surface area contributed by atoms with Gasteiger partial charge in [-0.25, -0.2) is 4.98 Å². The van der Waals surface area contributed by atoms with Crippen molar-refractivity contribution in [2.75, 3.05) is 65.4 Å². The summed E-state index contributed by atoms with van der Waals surface area (Å²) >= 11 is 0.798. The van der Waals surface area contributed by atoms with Crippen molar-refractivity contribution in [3.63, 3.8) is 0 Å². The minimum Gasteiger partial charge on any atom is -0.394 e. The van der Waals surface area contributed by atoms with E-state index in [-0.39, 0.29) is 103 Å². The van der Waals surface area contributed by atoms with Crippen molar-refractivity contribution in [1.29, 1.82) is 5.41 Å². The number of fused-ring (bicyclic) bond motifs is 4. The Balaban J connectivity index is 1.10. The number of carbonyl (C=O) groups is 17. The van der Waals surface area contributed by atoms with Gasteiger partial charge in [-0.15, -0.1) is 11.8 Å². The molecule has 17 amide bonds. The number of carbonyl (C=O) groups excluding carboxylic acids is 17. The minimum absolute atomic E-state index is 0.000956. The Bertz CT molecular complexity index is 5170. The third-order valence-electron chi connectivity index (χ3n) is 24.5. The molecule has 0 bridgehead atoms. The lowest BCUT2D eigenvalue weighted by Gasteiger charge is -2.38. The lowest BCUT2D eigenvalue weighted by atomic mass is 9.96. The molecule has 6 aromatic rings. The van der Waals surface area contributed by atoms with E-state index >= 15 is 38.4 Å². The van der Waals surface area contributed by atoms with Crippen LogP contribution in [0.3, 0.4) is 0 Å². The van der Waals surface area contributed by atoms with Gasteiger partial charge in [0.05, 0.1) is 31.7 Å². The quantitative estimate of drug-likeness (QED) is 0.0172. The predicted molar refractivity (Wildman–Crippen MR) is 501 cm³/mol. The summed E-state index contributed by atoms with van der Waals surface area (Å²) in [4.78, 5) is 270. The lowest BCUT2D eigenvalue weighted by Crippen LogP contribution is -2.63. The van der Waals surface area contributed by atoms with E-state index in [0.29, 0.717) is 82.7 Å². The number of aliphatic hydroxyl groups excluding tert-OH is 1. The summed E-state index contributed by atoms with van der Waals surface area (Å²) < 4.78 is 0. The average Bonchev–Trinajstić information content (AvgIpc) is 1.10. The molecule has 42 nitrogen and oxygen atoms in total. The number of thioether (sulfide) groups is 1. The fraction of sp³-hybridized carbons (Fsp3) is 0.533. The summed E-state index contributed by atoms with van der Waals surface area (Å²) in [5.41, 5.74) is 20.1. The summed E-state index contributed by atoms with van der Waals surface area (Å²) in [6.07, 6.45) is 7.07. The number of rotatable bonds is 26. The molecule has 0 radical (unpaired) electrons. The third-order valence-corrected chi connectivity index (χ3v) is 25.5. The highest BCUT2D eigenvalue weighted by Gasteiger charge is 2.45. The zero-order valence-corrected chi connectivity index (χ0v) is 78.4. The Morgan fingerprint density at radius 1 is 0.511 bits per heavy atom. The third kappa shape index (κ3) is 29.8. The maximum Gasteiger partial charge on any atom is 0.246 e. The molecule has 9 rings (SSSR count). The van der Waals surface area contributed by atoms with E-state index in [1.807, 2.05) is 13.8 Å². The number of para-hydroxylation sites is 2. The molecule has 6 heterocycles. The highest BCUT2D eigenvalue weighted by Crippen LogP contribution is 2.28. The number of aromatic amines is 3. The van der Waals surface area contributed by atoms with Crippen LogP contribution in [0.5, 0.6) is 0 Å². The second kappa shape index (κ2) is 51.1. The number of H-pyrrole nitrogens is 3. The van der Waals surface area contributed by atoms with Gasteiger partial charge in [-0.3, -0.25) is 86.9 Å². The number of aromatic nitrogens is 4. The number of benzene rings is 3. The summed E-state index contributed by atoms with van der Waals surface area (Å²) in [5, 5.41) is 50.0. The van der Waals surface area contributed by atoms with Gasteiger partial charge in [0.2, 0.25) is 100 Å². The van der Waals surface area contributed by atoms with Crippen LogP contribution >= 0.6 is 11.8 Å². The van der Waals surface area contributed by atoms with Gasteiger partial charge in [-0.2, -0.15) is 0 Å². The van der Waals surface area contributed by atoms with Crippen LogP contribution in [0.2, 0.25) is 0 Å². The van der Waals surface area contributed by atoms with Crippen LogP contribution in [0, 0.1) is 11.3 Å². The molecule has 43 heteroatoms. The first-order chi connectivity index (χ1) is 64.5. The van der Waals surface area contributed by atoms with Crippen molar-refractivity contribution in [2.24, 2.45) is 23.1 Å². The van der Waals surface area contributed by atoms with Crippen LogP contribution < -0.4 is 75.7 Å². The molecule has 22 N–H and O–H groups in total. The number of likely N-dealkylation sites (N-methyl/N-ethyl adjacent to an activating group) is 3. The van der Waals surface area contributed by atoms with Crippen LogP contribution in [-0.2, 0) is 107 Å². The van der Waals surface area contributed by atoms with Gasteiger partial charge in [0, 0.05) is 118 Å². The van der Waals surface area contributed by atoms with Gasteiger partial charge in [-0.1, -0.05) is 120 Å². The van der Waals surface area contributed by atoms with E-state index < -0.39 is 222 Å². The number of amides is 17. The topological polar surface area (TPSA) is 621 Å². The number of nitrogens with two attached hydrogens (primary N) is 3. The van der Waals surface area contributed by atoms with Crippen molar-refractivity contribution >= 4 is 140 Å². The number of imidazole rings is 1. The fourth-order valence-electron chi connectivity index (χ4n) is 16.9. The molecule has 3 fully saturated rings. The summed E-state index contributed by atoms with van der Waals surface area (Å²) in [5.74, 6) is -16.8. The molecule has 0 saturated carbocycles. The standard InChI is InChI=1S/C92H130N24O18S/c1-9-11-31-71-84(127)104-62(30-22-35-98-92(95)96)80(123)111-70(79(122)101-47-76(94)119)49-135-50-77(120)103-66(39-54-24-14-13-15-25-54)87(130)112(6)53(5)78(121)107-68(43-75(93)118)90(133)116-37-23-34-73(116)86(129)106-64(42-57-46-97-51-102-57)82(125)108-65(38-52(3)4)89(132)115-36-21-20-33-72(115)85(128)105-63(40-55-44-99-60-28-18-16-26-58(55)60)81(124)110-69(48-117)83(126)109-67(41-56-45-100-61-29-19-17-27-59(56)61)88(131)114(8)74(32-12-10-2)91(134)113(71)7/h13-19,24-29,44-46,51-53,62-74,99-100,117H,9-12,20-23,30-43,47-50H2,1-8H3,(H2,93,118)(H2,94,119)(H,97,102)(H,101,122)(H,103,120)(H,104,127)(H,105,128)(H,106,129)(H,107,121)(H,108,125)(H,109,126)(H,110,124)(H,111,123)(H4,95,96,98)/t53-,62-,63-,64-,65-,66-,67-,68-,69-,70+,71-,72-,73-,74-/m0/s1. The molecule has 3 aromatic carbocycles. The van der Waals surface area contributed by atoms with Gasteiger partial charge in [0.25, 0.3) is 0 Å². The normalized spacial score (nSPS) is 24.3. The number of primary amides is 2. The van der Waals surface area contributed by atoms with Crippen LogP contribution in [0.25, 0.3) is 21.8 Å². The molecule has 3 saturated heterocycles. The highest BCUT2D eigenvalue weighted by molar-refractivity contribution is 8.00. The van der Waals surface area contributed by atoms with Crippen LogP contribution in [0.4, 0.5) is 0 Å². The largest absolute Gasteiger partial charge is 0.394 e. The second-order valence-electron chi connectivity index (χ2n) is 34.9. The summed E-state index contributed by atoms with van der Waals surface area (Å²) in [6.45, 7) is 6.77. The van der Waals surface area contributed by atoms with Gasteiger partial charge >= 0.3 is 0 Å². The van der Waals surface area contributed by atoms with Crippen LogP contribution in [-0.4, -0.2) is 306 Å². The number of aliphatic hydroxyl groups is 1. The Morgan fingerprint density at radius 2 is 1.02 bits per heavy atom. The molecule has 0 aliphatic carbocycles. The smallest absolute Gasteiger partial charge is 0.246 e. The first-order valence-corrected chi connectivity index (χ1v) is 47.0. The summed E-state index contributed by atoms with van der Waals surface area (Å²) in [7, 11) is 3.99. The SMILES string of the molecule is CCCC[C@H]1C(=O)N(C)[C@@H](CCCC)C(=O)N[C@@H](CCCNC(=N)N)C(=O)N[C@@H](C(=O)NCC(N)=O)CSCC(=O)N[C@@H](Cc2ccccc2)C(=O)N(C)[C@@H](C)C(=O)N[C@@H](CC(N)=O)C(=O)N2CCC[C@H]2C(=O)N[C@@H](Cc2cnc[nH]2)C(=O)N[C@@H](CC(C)C)C(=O)N2CCCC[C@H]2C(=O)N[C@@H](Cc2c[nH]c3ccccc23)C(=O)N[C@@H](CO)C(=O)N[C@@H](Cc2c[nH]c3ccccc23)C(=O)N1C. The van der Waals surface area contributed by atoms with Crippen molar-refractivity contribution < 1.29 is 86.6 Å². The number of unbranched alkanes of at least 4 members (excludes halogenated alkanes) is 2. The first-order valence-electron chi connectivity index (χ1n) is 45.9. The number of piperidine rings is 1. The fourth-order valence-corrected chi connectivity index (χ4v) is 17.8. The summed E-state index contributed by atoms with van der Waals surface area (Å²) in [6, 6.07) is 1.80. The van der Waals surface area contributed by atoms with Crippen molar-refractivity contribution in [1.82, 2.24) is 103 Å².